The molecule has 7 nitrogen and oxygen atoms in total. The Bertz CT molecular complexity index is 445. The zero-order chi connectivity index (χ0) is 16.3. The second kappa shape index (κ2) is 18.8. The topological polar surface area (TPSA) is 94.5 Å². The maximum absolute atomic E-state index is 10.4. The van der Waals surface area contributed by atoms with Crippen LogP contribution in [0.5, 0.6) is 5.75 Å². The van der Waals surface area contributed by atoms with E-state index >= 15 is 0 Å². The molecule has 0 aliphatic carbocycles. The summed E-state index contributed by atoms with van der Waals surface area (Å²) in [5.41, 5.74) is 1.27. The van der Waals surface area contributed by atoms with Gasteiger partial charge in [0.2, 0.25) is 0 Å². The third-order valence-electron chi connectivity index (χ3n) is 2.69. The molecule has 0 unspecified atom stereocenters. The minimum atomic E-state index is -4.40. The van der Waals surface area contributed by atoms with E-state index in [2.05, 4.69) is 11.4 Å². The Morgan fingerprint density at radius 2 is 1.27 bits per heavy atom. The van der Waals surface area contributed by atoms with E-state index in [4.69, 9.17) is 24.0 Å². The summed E-state index contributed by atoms with van der Waals surface area (Å²) < 4.78 is 30.5. The molecule has 0 aliphatic rings. The smallest absolute Gasteiger partial charge is 0.469 e. The summed E-state index contributed by atoms with van der Waals surface area (Å²) in [4.78, 5) is 16.9. The van der Waals surface area contributed by atoms with Crippen molar-refractivity contribution in [1.29, 1.82) is 0 Å². The first-order valence-electron chi connectivity index (χ1n) is 7.08. The van der Waals surface area contributed by atoms with Gasteiger partial charge in [0.25, 0.3) is 0 Å². The van der Waals surface area contributed by atoms with Gasteiger partial charge in [0.05, 0.1) is 33.0 Å². The average molecular weight is 398 g/mol. The predicted molar refractivity (Wildman–Crippen MR) is 108 cm³/mol. The van der Waals surface area contributed by atoms with Gasteiger partial charge in [0.15, 0.2) is 0 Å². The van der Waals surface area contributed by atoms with E-state index in [-0.39, 0.29) is 42.9 Å². The zero-order valence-corrected chi connectivity index (χ0v) is 13.5. The molecule has 0 aliphatic heterocycles. The van der Waals surface area contributed by atoms with Gasteiger partial charge in [-0.15, -0.1) is 0 Å². The van der Waals surface area contributed by atoms with Crippen LogP contribution in [0.3, 0.4) is 0 Å². The standard InChI is InChI=1S/C14H23O7P.4CH4/c1-2-13-3-5-14(6-4-13)20-11-9-18-7-8-19-10-12-21-22(15,16)17;;;;/h3-6H,2,7-12H2,1H3,(H2,15,16,17);4*1H4. The second-order valence-electron chi connectivity index (χ2n) is 4.39. The molecule has 0 saturated carbocycles. The van der Waals surface area contributed by atoms with Crippen molar-refractivity contribution in [3.8, 4) is 5.75 Å². The summed E-state index contributed by atoms with van der Waals surface area (Å²) >= 11 is 0. The Balaban J connectivity index is -0.000000605. The molecular formula is C18H39O7P. The van der Waals surface area contributed by atoms with Crippen molar-refractivity contribution in [2.45, 2.75) is 43.1 Å². The van der Waals surface area contributed by atoms with Crippen LogP contribution in [0, 0.1) is 0 Å². The van der Waals surface area contributed by atoms with Crippen molar-refractivity contribution in [2.75, 3.05) is 39.6 Å². The van der Waals surface area contributed by atoms with Crippen molar-refractivity contribution in [3.05, 3.63) is 29.8 Å². The van der Waals surface area contributed by atoms with Crippen LogP contribution in [0.1, 0.15) is 42.2 Å². The molecule has 8 heteroatoms. The van der Waals surface area contributed by atoms with Gasteiger partial charge < -0.3 is 24.0 Å². The van der Waals surface area contributed by atoms with Crippen LogP contribution in [0.2, 0.25) is 0 Å². The Morgan fingerprint density at radius 1 is 0.808 bits per heavy atom. The molecule has 0 heterocycles. The van der Waals surface area contributed by atoms with E-state index in [0.717, 1.165) is 12.2 Å². The van der Waals surface area contributed by atoms with Crippen LogP contribution in [-0.4, -0.2) is 49.4 Å². The highest BCUT2D eigenvalue weighted by atomic mass is 31.2. The third-order valence-corrected chi connectivity index (χ3v) is 3.21. The van der Waals surface area contributed by atoms with E-state index in [1.807, 2.05) is 24.3 Å². The van der Waals surface area contributed by atoms with Crippen molar-refractivity contribution in [1.82, 2.24) is 0 Å². The van der Waals surface area contributed by atoms with Crippen molar-refractivity contribution >= 4 is 7.82 Å². The fraction of sp³-hybridized carbons (Fsp3) is 0.667. The Morgan fingerprint density at radius 3 is 1.73 bits per heavy atom. The first-order valence-corrected chi connectivity index (χ1v) is 8.61. The van der Waals surface area contributed by atoms with E-state index in [0.29, 0.717) is 26.4 Å². The summed E-state index contributed by atoms with van der Waals surface area (Å²) in [5.74, 6) is 0.812. The van der Waals surface area contributed by atoms with Gasteiger partial charge in [-0.3, -0.25) is 4.52 Å². The first-order chi connectivity index (χ1) is 10.5. The summed E-state index contributed by atoms with van der Waals surface area (Å²) in [7, 11) is -4.40. The van der Waals surface area contributed by atoms with E-state index < -0.39 is 7.82 Å². The predicted octanol–water partition coefficient (Wildman–Crippen LogP) is 4.31. The number of rotatable bonds is 12. The van der Waals surface area contributed by atoms with E-state index in [1.165, 1.54) is 5.56 Å². The van der Waals surface area contributed by atoms with Gasteiger partial charge in [-0.05, 0) is 24.1 Å². The van der Waals surface area contributed by atoms with Crippen molar-refractivity contribution in [3.63, 3.8) is 0 Å². The lowest BCUT2D eigenvalue weighted by Crippen LogP contribution is -2.12. The zero-order valence-electron chi connectivity index (χ0n) is 12.6. The van der Waals surface area contributed by atoms with Gasteiger partial charge in [-0.25, -0.2) is 4.57 Å². The monoisotopic (exact) mass is 398 g/mol. The number of aryl methyl sites for hydroxylation is 1. The molecular weight excluding hydrogens is 359 g/mol. The van der Waals surface area contributed by atoms with Crippen LogP contribution in [0.25, 0.3) is 0 Å². The molecule has 26 heavy (non-hydrogen) atoms. The van der Waals surface area contributed by atoms with Crippen LogP contribution in [-0.2, 0) is 25.0 Å². The molecule has 1 aromatic carbocycles. The maximum Gasteiger partial charge on any atom is 0.469 e. The number of phosphoric acid groups is 1. The maximum atomic E-state index is 10.4. The Kier molecular flexibility index (Phi) is 23.7. The van der Waals surface area contributed by atoms with Crippen LogP contribution >= 0.6 is 7.82 Å². The fourth-order valence-electron chi connectivity index (χ4n) is 1.58. The molecule has 2 N–H and O–H groups in total. The number of ether oxygens (including phenoxy) is 3. The van der Waals surface area contributed by atoms with Gasteiger partial charge in [0.1, 0.15) is 12.4 Å². The Labute approximate surface area is 159 Å². The lowest BCUT2D eigenvalue weighted by atomic mass is 10.2. The van der Waals surface area contributed by atoms with Gasteiger partial charge in [-0.1, -0.05) is 48.8 Å². The lowest BCUT2D eigenvalue weighted by Gasteiger charge is -2.08. The summed E-state index contributed by atoms with van der Waals surface area (Å²) in [6.45, 7) is 3.66. The minimum absolute atomic E-state index is 0. The Hall–Kier alpha value is -0.950. The molecule has 0 spiro atoms. The summed E-state index contributed by atoms with van der Waals surface area (Å²) in [6.07, 6.45) is 1.00. The molecule has 158 valence electrons. The quantitative estimate of drug-likeness (QED) is 0.400. The molecule has 1 rings (SSSR count). The molecule has 0 amide bonds. The highest BCUT2D eigenvalue weighted by molar-refractivity contribution is 7.46. The van der Waals surface area contributed by atoms with Gasteiger partial charge >= 0.3 is 7.82 Å². The lowest BCUT2D eigenvalue weighted by molar-refractivity contribution is 0.0241. The molecule has 0 radical (unpaired) electrons. The van der Waals surface area contributed by atoms with Gasteiger partial charge in [0, 0.05) is 0 Å². The van der Waals surface area contributed by atoms with E-state index in [1.54, 1.807) is 0 Å². The molecule has 0 bridgehead atoms. The molecule has 0 fully saturated rings. The highest BCUT2D eigenvalue weighted by Gasteiger charge is 2.12. The average Bonchev–Trinajstić information content (AvgIpc) is 2.48. The molecule has 1 aromatic rings. The number of hydrogen-bond donors (Lipinski definition) is 2. The van der Waals surface area contributed by atoms with Crippen LogP contribution < -0.4 is 4.74 Å². The number of benzene rings is 1. The van der Waals surface area contributed by atoms with Crippen molar-refractivity contribution < 1.29 is 33.1 Å². The molecule has 0 atom stereocenters. The SMILES string of the molecule is C.C.C.C.CCc1ccc(OCCOCCOCCOP(=O)(O)O)cc1. The normalized spacial score (nSPS) is 9.81. The second-order valence-corrected chi connectivity index (χ2v) is 5.63. The van der Waals surface area contributed by atoms with Crippen LogP contribution in [0.4, 0.5) is 0 Å². The number of hydrogen-bond acceptors (Lipinski definition) is 5. The minimum Gasteiger partial charge on any atom is -0.491 e. The largest absolute Gasteiger partial charge is 0.491 e. The van der Waals surface area contributed by atoms with Gasteiger partial charge in [-0.2, -0.15) is 0 Å². The first kappa shape index (κ1) is 32.7. The molecule has 0 saturated heterocycles. The third kappa shape index (κ3) is 17.9. The summed E-state index contributed by atoms with van der Waals surface area (Å²) in [6, 6.07) is 7.93. The van der Waals surface area contributed by atoms with Crippen molar-refractivity contribution in [2.24, 2.45) is 0 Å². The van der Waals surface area contributed by atoms with Crippen LogP contribution in [0.15, 0.2) is 24.3 Å². The summed E-state index contributed by atoms with van der Waals surface area (Å²) in [5, 5.41) is 0. The highest BCUT2D eigenvalue weighted by Crippen LogP contribution is 2.35. The molecule has 0 aromatic heterocycles. The van der Waals surface area contributed by atoms with E-state index in [9.17, 15) is 4.57 Å². The number of phosphoric ester groups is 1. The fourth-order valence-corrected chi connectivity index (χ4v) is 1.89.